The molecule has 0 spiro atoms. The maximum Gasteiger partial charge on any atom is 0.307 e. The number of carbonyl (C=O) groups excluding carboxylic acids is 1. The summed E-state index contributed by atoms with van der Waals surface area (Å²) in [5.41, 5.74) is 1.12. The Hall–Kier alpha value is -1.40. The number of carboxylic acid groups (broad SMARTS) is 1. The number of aliphatic carboxylic acids is 1. The van der Waals surface area contributed by atoms with Crippen LogP contribution in [-0.2, 0) is 16.1 Å². The van der Waals surface area contributed by atoms with Gasteiger partial charge in [0.25, 0.3) is 0 Å². The van der Waals surface area contributed by atoms with Crippen molar-refractivity contribution in [2.45, 2.75) is 20.4 Å². The molecule has 1 unspecified atom stereocenters. The molecule has 1 aromatic rings. The van der Waals surface area contributed by atoms with E-state index in [0.717, 1.165) is 5.56 Å². The van der Waals surface area contributed by atoms with Crippen LogP contribution in [0, 0.1) is 5.92 Å². The first-order valence-corrected chi connectivity index (χ1v) is 7.58. The van der Waals surface area contributed by atoms with Gasteiger partial charge in [-0.05, 0) is 28.9 Å². The van der Waals surface area contributed by atoms with Gasteiger partial charge in [0.1, 0.15) is 0 Å². The SMILES string of the molecule is CCN(CC(=O)N(C)Cc1ccsc1)CC(C)C(=O)O. The van der Waals surface area contributed by atoms with Crippen LogP contribution in [0.3, 0.4) is 0 Å². The van der Waals surface area contributed by atoms with Gasteiger partial charge in [-0.3, -0.25) is 14.5 Å². The second-order valence-electron chi connectivity index (χ2n) is 4.95. The van der Waals surface area contributed by atoms with Crippen molar-refractivity contribution in [3.63, 3.8) is 0 Å². The molecule has 1 atom stereocenters. The number of carboxylic acids is 1. The Morgan fingerprint density at radius 2 is 2.15 bits per heavy atom. The number of nitrogens with zero attached hydrogens (tertiary/aromatic N) is 2. The lowest BCUT2D eigenvalue weighted by Gasteiger charge is -2.25. The van der Waals surface area contributed by atoms with Gasteiger partial charge < -0.3 is 10.0 Å². The van der Waals surface area contributed by atoms with Crippen molar-refractivity contribution in [2.24, 2.45) is 5.92 Å². The van der Waals surface area contributed by atoms with Gasteiger partial charge in [0.15, 0.2) is 0 Å². The molecule has 1 aromatic heterocycles. The smallest absolute Gasteiger partial charge is 0.307 e. The van der Waals surface area contributed by atoms with Gasteiger partial charge in [-0.15, -0.1) is 0 Å². The van der Waals surface area contributed by atoms with Crippen LogP contribution in [0.4, 0.5) is 0 Å². The second kappa shape index (κ2) is 8.01. The average molecular weight is 298 g/mol. The molecule has 0 fully saturated rings. The van der Waals surface area contributed by atoms with Crippen LogP contribution in [0.5, 0.6) is 0 Å². The molecule has 0 radical (unpaired) electrons. The fourth-order valence-corrected chi connectivity index (χ4v) is 2.49. The van der Waals surface area contributed by atoms with Crippen LogP contribution in [0.15, 0.2) is 16.8 Å². The molecule has 0 aliphatic carbocycles. The van der Waals surface area contributed by atoms with E-state index in [1.54, 1.807) is 30.2 Å². The summed E-state index contributed by atoms with van der Waals surface area (Å²) in [4.78, 5) is 26.5. The largest absolute Gasteiger partial charge is 0.481 e. The van der Waals surface area contributed by atoms with Crippen LogP contribution in [0.1, 0.15) is 19.4 Å². The number of hydrogen-bond acceptors (Lipinski definition) is 4. The lowest BCUT2D eigenvalue weighted by atomic mass is 10.1. The molecule has 0 bridgehead atoms. The summed E-state index contributed by atoms with van der Waals surface area (Å²) >= 11 is 1.61. The molecule has 0 saturated carbocycles. The van der Waals surface area contributed by atoms with Gasteiger partial charge in [0.05, 0.1) is 12.5 Å². The van der Waals surface area contributed by atoms with E-state index in [0.29, 0.717) is 19.6 Å². The third-order valence-electron chi connectivity index (χ3n) is 3.19. The molecule has 5 nitrogen and oxygen atoms in total. The van der Waals surface area contributed by atoms with E-state index in [1.165, 1.54) is 0 Å². The summed E-state index contributed by atoms with van der Waals surface area (Å²) in [7, 11) is 1.77. The minimum atomic E-state index is -0.831. The fraction of sp³-hybridized carbons (Fsp3) is 0.571. The molecule has 1 heterocycles. The van der Waals surface area contributed by atoms with Gasteiger partial charge in [0.2, 0.25) is 5.91 Å². The average Bonchev–Trinajstić information content (AvgIpc) is 2.90. The Morgan fingerprint density at radius 1 is 1.45 bits per heavy atom. The molecule has 1 N–H and O–H groups in total. The van der Waals surface area contributed by atoms with E-state index in [2.05, 4.69) is 0 Å². The van der Waals surface area contributed by atoms with Crippen molar-refractivity contribution in [3.8, 4) is 0 Å². The van der Waals surface area contributed by atoms with E-state index in [-0.39, 0.29) is 12.5 Å². The topological polar surface area (TPSA) is 60.9 Å². The van der Waals surface area contributed by atoms with Crippen LogP contribution in [-0.4, -0.2) is 53.5 Å². The van der Waals surface area contributed by atoms with Crippen LogP contribution < -0.4 is 0 Å². The van der Waals surface area contributed by atoms with Crippen LogP contribution in [0.2, 0.25) is 0 Å². The summed E-state index contributed by atoms with van der Waals surface area (Å²) in [5.74, 6) is -1.29. The van der Waals surface area contributed by atoms with E-state index in [9.17, 15) is 9.59 Å². The summed E-state index contributed by atoms with van der Waals surface area (Å²) in [6.07, 6.45) is 0. The number of rotatable bonds is 8. The van der Waals surface area contributed by atoms with Crippen molar-refractivity contribution in [2.75, 3.05) is 26.7 Å². The Kier molecular flexibility index (Phi) is 6.67. The van der Waals surface area contributed by atoms with Crippen molar-refractivity contribution >= 4 is 23.2 Å². The minimum Gasteiger partial charge on any atom is -0.481 e. The highest BCUT2D eigenvalue weighted by Crippen LogP contribution is 2.09. The summed E-state index contributed by atoms with van der Waals surface area (Å²) in [6.45, 7) is 5.49. The molecule has 0 saturated heterocycles. The monoisotopic (exact) mass is 298 g/mol. The van der Waals surface area contributed by atoms with Crippen molar-refractivity contribution < 1.29 is 14.7 Å². The van der Waals surface area contributed by atoms with E-state index >= 15 is 0 Å². The Bertz CT molecular complexity index is 434. The highest BCUT2D eigenvalue weighted by molar-refractivity contribution is 7.07. The molecule has 20 heavy (non-hydrogen) atoms. The zero-order valence-electron chi connectivity index (χ0n) is 12.2. The molecule has 0 aromatic carbocycles. The number of thiophene rings is 1. The van der Waals surface area contributed by atoms with Crippen molar-refractivity contribution in [3.05, 3.63) is 22.4 Å². The molecule has 1 rings (SSSR count). The normalized spacial score (nSPS) is 12.4. The van der Waals surface area contributed by atoms with E-state index < -0.39 is 11.9 Å². The van der Waals surface area contributed by atoms with Gasteiger partial charge >= 0.3 is 5.97 Å². The van der Waals surface area contributed by atoms with Crippen LogP contribution in [0.25, 0.3) is 0 Å². The van der Waals surface area contributed by atoms with E-state index in [1.807, 2.05) is 28.7 Å². The quantitative estimate of drug-likeness (QED) is 0.794. The zero-order valence-corrected chi connectivity index (χ0v) is 13.0. The zero-order chi connectivity index (χ0) is 15.1. The molecular formula is C14H22N2O3S. The highest BCUT2D eigenvalue weighted by Gasteiger charge is 2.19. The Balaban J connectivity index is 2.47. The van der Waals surface area contributed by atoms with Gasteiger partial charge in [-0.25, -0.2) is 0 Å². The van der Waals surface area contributed by atoms with Gasteiger partial charge in [-0.2, -0.15) is 11.3 Å². The van der Waals surface area contributed by atoms with Gasteiger partial charge in [-0.1, -0.05) is 13.8 Å². The first-order chi connectivity index (χ1) is 9.43. The highest BCUT2D eigenvalue weighted by atomic mass is 32.1. The molecule has 1 amide bonds. The predicted octanol–water partition coefficient (Wildman–Crippen LogP) is 1.75. The van der Waals surface area contributed by atoms with Crippen LogP contribution >= 0.6 is 11.3 Å². The minimum absolute atomic E-state index is 0.00985. The maximum atomic E-state index is 12.1. The number of hydrogen-bond donors (Lipinski definition) is 1. The number of carbonyl (C=O) groups is 2. The molecular weight excluding hydrogens is 276 g/mol. The molecule has 112 valence electrons. The maximum absolute atomic E-state index is 12.1. The first-order valence-electron chi connectivity index (χ1n) is 6.64. The summed E-state index contributed by atoms with van der Waals surface area (Å²) < 4.78 is 0. The Labute approximate surface area is 123 Å². The first kappa shape index (κ1) is 16.7. The number of likely N-dealkylation sites (N-methyl/N-ethyl adjacent to an activating group) is 2. The number of amides is 1. The molecule has 0 aliphatic rings. The third-order valence-corrected chi connectivity index (χ3v) is 3.92. The standard InChI is InChI=1S/C14H22N2O3S/c1-4-16(7-11(2)14(18)19)9-13(17)15(3)8-12-5-6-20-10-12/h5-6,10-11H,4,7-9H2,1-3H3,(H,18,19). The molecule has 0 aliphatic heterocycles. The van der Waals surface area contributed by atoms with Crippen molar-refractivity contribution in [1.82, 2.24) is 9.80 Å². The second-order valence-corrected chi connectivity index (χ2v) is 5.73. The lowest BCUT2D eigenvalue weighted by molar-refractivity contribution is -0.142. The third kappa shape index (κ3) is 5.30. The van der Waals surface area contributed by atoms with Gasteiger partial charge in [0, 0.05) is 20.1 Å². The van der Waals surface area contributed by atoms with E-state index in [4.69, 9.17) is 5.11 Å². The molecule has 6 heteroatoms. The van der Waals surface area contributed by atoms with Crippen molar-refractivity contribution in [1.29, 1.82) is 0 Å². The lowest BCUT2D eigenvalue weighted by Crippen LogP contribution is -2.40. The predicted molar refractivity (Wildman–Crippen MR) is 79.7 cm³/mol. The summed E-state index contributed by atoms with van der Waals surface area (Å²) in [5, 5.41) is 12.9. The fourth-order valence-electron chi connectivity index (χ4n) is 1.83. The summed E-state index contributed by atoms with van der Waals surface area (Å²) in [6, 6.07) is 2.00. The Morgan fingerprint density at radius 3 is 2.65 bits per heavy atom.